The molecule has 1 aromatic heterocycles. The fourth-order valence-corrected chi connectivity index (χ4v) is 2.52. The summed E-state index contributed by atoms with van der Waals surface area (Å²) in [6.45, 7) is 4.71. The molecule has 0 aliphatic heterocycles. The molecule has 0 unspecified atom stereocenters. The van der Waals surface area contributed by atoms with Gasteiger partial charge in [-0.05, 0) is 44.5 Å². The molecule has 0 spiro atoms. The monoisotopic (exact) mass is 345 g/mol. The van der Waals surface area contributed by atoms with Crippen LogP contribution in [0.5, 0.6) is 5.75 Å². The van der Waals surface area contributed by atoms with Gasteiger partial charge in [0.1, 0.15) is 5.75 Å². The molecule has 0 fully saturated rings. The number of hydrogen-bond acceptors (Lipinski definition) is 6. The van der Waals surface area contributed by atoms with Gasteiger partial charge in [-0.3, -0.25) is 4.79 Å². The maximum Gasteiger partial charge on any atom is 0.339 e. The van der Waals surface area contributed by atoms with Gasteiger partial charge in [-0.2, -0.15) is 0 Å². The van der Waals surface area contributed by atoms with Gasteiger partial charge in [-0.25, -0.2) is 9.59 Å². The topological polar surface area (TPSA) is 106 Å². The number of ether oxygens (including phenoxy) is 2. The molecule has 1 atom stereocenters. The Morgan fingerprint density at radius 3 is 2.44 bits per heavy atom. The molecular formula is C18H19NO6. The van der Waals surface area contributed by atoms with E-state index in [4.69, 9.17) is 9.47 Å². The lowest BCUT2D eigenvalue weighted by molar-refractivity contribution is 0.0316. The molecular weight excluding hydrogens is 326 g/mol. The first-order valence-corrected chi connectivity index (χ1v) is 7.58. The largest absolute Gasteiger partial charge is 0.508 e. The molecule has 0 aliphatic rings. The number of rotatable bonds is 5. The summed E-state index contributed by atoms with van der Waals surface area (Å²) in [6, 6.07) is 5.64. The van der Waals surface area contributed by atoms with Crippen LogP contribution >= 0.6 is 0 Å². The Kier molecular flexibility index (Phi) is 5.26. The quantitative estimate of drug-likeness (QED) is 0.637. The third-order valence-electron chi connectivity index (χ3n) is 3.81. The Hall–Kier alpha value is -3.09. The zero-order chi connectivity index (χ0) is 18.7. The van der Waals surface area contributed by atoms with Crippen LogP contribution in [0.25, 0.3) is 0 Å². The standard InChI is InChI=1S/C18H19NO6/c1-9-14(18(23)24-4)10(2)19-15(9)16(21)11(3)25-17(22)12-6-5-7-13(20)8-12/h5-8,11,19-20H,1-4H3/t11-/m0/s1. The average Bonchev–Trinajstić information content (AvgIpc) is 2.87. The zero-order valence-corrected chi connectivity index (χ0v) is 14.4. The summed E-state index contributed by atoms with van der Waals surface area (Å²) in [5.41, 5.74) is 1.55. The summed E-state index contributed by atoms with van der Waals surface area (Å²) in [4.78, 5) is 39.3. The van der Waals surface area contributed by atoms with Gasteiger partial charge in [0, 0.05) is 5.69 Å². The van der Waals surface area contributed by atoms with E-state index < -0.39 is 23.8 Å². The first-order valence-electron chi connectivity index (χ1n) is 7.58. The van der Waals surface area contributed by atoms with E-state index in [9.17, 15) is 19.5 Å². The molecule has 2 rings (SSSR count). The Morgan fingerprint density at radius 1 is 1.16 bits per heavy atom. The van der Waals surface area contributed by atoms with Crippen LogP contribution in [0.3, 0.4) is 0 Å². The van der Waals surface area contributed by atoms with E-state index in [1.165, 1.54) is 38.3 Å². The summed E-state index contributed by atoms with van der Waals surface area (Å²) in [6.07, 6.45) is -1.07. The Morgan fingerprint density at radius 2 is 1.84 bits per heavy atom. The van der Waals surface area contributed by atoms with Gasteiger partial charge in [0.15, 0.2) is 6.10 Å². The number of phenols is 1. The molecule has 25 heavy (non-hydrogen) atoms. The minimum Gasteiger partial charge on any atom is -0.508 e. The van der Waals surface area contributed by atoms with Crippen molar-refractivity contribution in [3.63, 3.8) is 0 Å². The summed E-state index contributed by atoms with van der Waals surface area (Å²) < 4.78 is 9.87. The number of aromatic nitrogens is 1. The van der Waals surface area contributed by atoms with Gasteiger partial charge in [0.2, 0.25) is 5.78 Å². The summed E-state index contributed by atoms with van der Waals surface area (Å²) in [5, 5.41) is 9.40. The molecule has 7 heteroatoms. The molecule has 2 aromatic rings. The van der Waals surface area contributed by atoms with Gasteiger partial charge in [0.05, 0.1) is 23.9 Å². The van der Waals surface area contributed by atoms with Crippen LogP contribution in [0.4, 0.5) is 0 Å². The van der Waals surface area contributed by atoms with Crippen LogP contribution in [0.15, 0.2) is 24.3 Å². The Labute approximate surface area is 144 Å². The van der Waals surface area contributed by atoms with E-state index in [0.717, 1.165) is 0 Å². The third-order valence-corrected chi connectivity index (χ3v) is 3.81. The van der Waals surface area contributed by atoms with Crippen molar-refractivity contribution < 1.29 is 29.0 Å². The number of Topliss-reactive ketones (excluding diaryl/α,β-unsaturated/α-hetero) is 1. The average molecular weight is 345 g/mol. The number of esters is 2. The number of methoxy groups -OCH3 is 1. The molecule has 1 heterocycles. The fourth-order valence-electron chi connectivity index (χ4n) is 2.52. The highest BCUT2D eigenvalue weighted by molar-refractivity contribution is 6.04. The van der Waals surface area contributed by atoms with Crippen molar-refractivity contribution in [2.75, 3.05) is 7.11 Å². The van der Waals surface area contributed by atoms with E-state index in [0.29, 0.717) is 11.3 Å². The van der Waals surface area contributed by atoms with Crippen LogP contribution in [-0.4, -0.2) is 41.0 Å². The van der Waals surface area contributed by atoms with E-state index >= 15 is 0 Å². The number of aryl methyl sites for hydroxylation is 1. The number of phenolic OH excluding ortho intramolecular Hbond substituents is 1. The van der Waals surface area contributed by atoms with E-state index in [1.54, 1.807) is 13.8 Å². The van der Waals surface area contributed by atoms with Gasteiger partial charge >= 0.3 is 11.9 Å². The minimum absolute atomic E-state index is 0.0769. The number of aromatic amines is 1. The molecule has 0 saturated carbocycles. The second kappa shape index (κ2) is 7.21. The van der Waals surface area contributed by atoms with Gasteiger partial charge in [-0.1, -0.05) is 6.07 Å². The van der Waals surface area contributed by atoms with E-state index in [1.807, 2.05) is 0 Å². The number of aromatic hydroxyl groups is 1. The second-order valence-corrected chi connectivity index (χ2v) is 5.58. The molecule has 0 aliphatic carbocycles. The SMILES string of the molecule is COC(=O)c1c(C)[nH]c(C(=O)[C@H](C)OC(=O)c2cccc(O)c2)c1C. The highest BCUT2D eigenvalue weighted by atomic mass is 16.5. The lowest BCUT2D eigenvalue weighted by Gasteiger charge is -2.12. The maximum absolute atomic E-state index is 12.6. The van der Waals surface area contributed by atoms with Crippen molar-refractivity contribution in [1.82, 2.24) is 4.98 Å². The second-order valence-electron chi connectivity index (χ2n) is 5.58. The van der Waals surface area contributed by atoms with Crippen molar-refractivity contribution in [3.05, 3.63) is 52.3 Å². The summed E-state index contributed by atoms with van der Waals surface area (Å²) in [7, 11) is 1.26. The zero-order valence-electron chi connectivity index (χ0n) is 14.4. The predicted octanol–water partition coefficient (Wildman–Crippen LogP) is 2.55. The van der Waals surface area contributed by atoms with E-state index in [2.05, 4.69) is 4.98 Å². The lowest BCUT2D eigenvalue weighted by atomic mass is 10.1. The lowest BCUT2D eigenvalue weighted by Crippen LogP contribution is -2.25. The fraction of sp³-hybridized carbons (Fsp3) is 0.278. The highest BCUT2D eigenvalue weighted by Crippen LogP contribution is 2.21. The normalized spacial score (nSPS) is 11.7. The van der Waals surface area contributed by atoms with Crippen molar-refractivity contribution in [2.24, 2.45) is 0 Å². The van der Waals surface area contributed by atoms with Crippen LogP contribution in [0.1, 0.15) is 49.4 Å². The third kappa shape index (κ3) is 3.71. The van der Waals surface area contributed by atoms with Crippen molar-refractivity contribution >= 4 is 17.7 Å². The van der Waals surface area contributed by atoms with Gasteiger partial charge in [-0.15, -0.1) is 0 Å². The number of carbonyl (C=O) groups excluding carboxylic acids is 3. The molecule has 7 nitrogen and oxygen atoms in total. The first-order chi connectivity index (χ1) is 11.8. The Bertz CT molecular complexity index is 836. The number of carbonyl (C=O) groups is 3. The predicted molar refractivity (Wildman–Crippen MR) is 88.9 cm³/mol. The first kappa shape index (κ1) is 18.3. The number of ketones is 1. The number of benzene rings is 1. The van der Waals surface area contributed by atoms with Crippen LogP contribution in [-0.2, 0) is 9.47 Å². The summed E-state index contributed by atoms with van der Waals surface area (Å²) in [5.74, 6) is -1.82. The number of hydrogen-bond donors (Lipinski definition) is 2. The Balaban J connectivity index is 2.20. The molecule has 2 N–H and O–H groups in total. The highest BCUT2D eigenvalue weighted by Gasteiger charge is 2.27. The number of nitrogens with one attached hydrogen (secondary N) is 1. The number of H-pyrrole nitrogens is 1. The smallest absolute Gasteiger partial charge is 0.339 e. The summed E-state index contributed by atoms with van der Waals surface area (Å²) >= 11 is 0. The van der Waals surface area contributed by atoms with Crippen molar-refractivity contribution in [1.29, 1.82) is 0 Å². The van der Waals surface area contributed by atoms with Crippen LogP contribution in [0, 0.1) is 13.8 Å². The van der Waals surface area contributed by atoms with Crippen molar-refractivity contribution in [2.45, 2.75) is 26.9 Å². The van der Waals surface area contributed by atoms with Gasteiger partial charge < -0.3 is 19.6 Å². The molecule has 0 bridgehead atoms. The van der Waals surface area contributed by atoms with E-state index in [-0.39, 0.29) is 22.6 Å². The van der Waals surface area contributed by atoms with Crippen LogP contribution < -0.4 is 0 Å². The molecule has 0 saturated heterocycles. The van der Waals surface area contributed by atoms with Crippen LogP contribution in [0.2, 0.25) is 0 Å². The molecule has 0 radical (unpaired) electrons. The van der Waals surface area contributed by atoms with Crippen molar-refractivity contribution in [3.8, 4) is 5.75 Å². The molecule has 132 valence electrons. The maximum atomic E-state index is 12.6. The molecule has 0 amide bonds. The molecule has 1 aromatic carbocycles. The van der Waals surface area contributed by atoms with Gasteiger partial charge in [0.25, 0.3) is 0 Å². The minimum atomic E-state index is -1.07.